The van der Waals surface area contributed by atoms with Gasteiger partial charge in [0.25, 0.3) is 5.91 Å². The maximum atomic E-state index is 13.1. The largest absolute Gasteiger partial charge is 0.378 e. The summed E-state index contributed by atoms with van der Waals surface area (Å²) in [5.41, 5.74) is 3.39. The molecule has 1 saturated heterocycles. The number of carbonyl (C=O) groups excluding carboxylic acids is 1. The Kier molecular flexibility index (Phi) is 4.14. The Hall–Kier alpha value is -2.77. The van der Waals surface area contributed by atoms with Crippen LogP contribution in [0.25, 0.3) is 5.65 Å². The van der Waals surface area contributed by atoms with Gasteiger partial charge in [-0.05, 0) is 43.1 Å². The van der Waals surface area contributed by atoms with Gasteiger partial charge in [-0.15, -0.1) is 0 Å². The van der Waals surface area contributed by atoms with Gasteiger partial charge in [-0.3, -0.25) is 4.79 Å². The Morgan fingerprint density at radius 2 is 2.11 bits per heavy atom. The van der Waals surface area contributed by atoms with Crippen molar-refractivity contribution in [3.8, 4) is 0 Å². The van der Waals surface area contributed by atoms with Crippen LogP contribution in [0.5, 0.6) is 0 Å². The molecule has 1 amide bonds. The average molecular weight is 377 g/mol. The van der Waals surface area contributed by atoms with Crippen molar-refractivity contribution in [3.05, 3.63) is 65.6 Å². The predicted octanol–water partition coefficient (Wildman–Crippen LogP) is 1.85. The van der Waals surface area contributed by atoms with E-state index in [1.807, 2.05) is 6.07 Å². The molecule has 1 spiro atoms. The fourth-order valence-corrected chi connectivity index (χ4v) is 5.01. The first-order valence-corrected chi connectivity index (χ1v) is 9.67. The molecule has 28 heavy (non-hydrogen) atoms. The molecule has 0 bridgehead atoms. The van der Waals surface area contributed by atoms with E-state index in [1.165, 1.54) is 5.56 Å². The molecule has 7 heteroatoms. The van der Waals surface area contributed by atoms with E-state index in [4.69, 9.17) is 4.74 Å². The molecule has 1 aliphatic heterocycles. The van der Waals surface area contributed by atoms with Gasteiger partial charge in [-0.1, -0.05) is 24.3 Å². The maximum absolute atomic E-state index is 13.1. The number of amides is 1. The smallest absolute Gasteiger partial charge is 0.257 e. The van der Waals surface area contributed by atoms with Gasteiger partial charge in [-0.25, -0.2) is 9.50 Å². The molecular formula is C21H23N5O2. The third kappa shape index (κ3) is 2.47. The summed E-state index contributed by atoms with van der Waals surface area (Å²) in [6, 6.07) is 9.99. The van der Waals surface area contributed by atoms with Crippen molar-refractivity contribution in [1.29, 1.82) is 0 Å². The molecule has 0 saturated carbocycles. The lowest BCUT2D eigenvalue weighted by molar-refractivity contribution is 0.00398. The normalized spacial score (nSPS) is 23.0. The van der Waals surface area contributed by atoms with E-state index in [0.29, 0.717) is 11.2 Å². The van der Waals surface area contributed by atoms with Crippen LogP contribution in [0.1, 0.15) is 40.4 Å². The van der Waals surface area contributed by atoms with Crippen molar-refractivity contribution in [2.24, 2.45) is 0 Å². The second-order valence-corrected chi connectivity index (χ2v) is 7.55. The zero-order valence-electron chi connectivity index (χ0n) is 15.8. The zero-order valence-corrected chi connectivity index (χ0v) is 15.8. The molecule has 1 fully saturated rings. The van der Waals surface area contributed by atoms with Gasteiger partial charge < -0.3 is 15.4 Å². The molecule has 2 atom stereocenters. The molecule has 144 valence electrons. The summed E-state index contributed by atoms with van der Waals surface area (Å²) in [4.78, 5) is 17.4. The SMILES string of the molecule is CO[C@H]1[C@H](NC(=O)c2cnn3cccnc23)c2ccccc2C12CCNCC2. The Morgan fingerprint density at radius 3 is 2.93 bits per heavy atom. The molecule has 7 nitrogen and oxygen atoms in total. The second-order valence-electron chi connectivity index (χ2n) is 7.55. The quantitative estimate of drug-likeness (QED) is 0.728. The summed E-state index contributed by atoms with van der Waals surface area (Å²) >= 11 is 0. The summed E-state index contributed by atoms with van der Waals surface area (Å²) in [6.45, 7) is 1.90. The number of benzene rings is 1. The number of fused-ring (bicyclic) bond motifs is 3. The standard InChI is InChI=1S/C21H23N5O2/c1-28-18-17(25-20(27)15-13-24-26-12-4-9-23-19(15)26)14-5-2-3-6-16(14)21(18)7-10-22-11-8-21/h2-6,9,12-13,17-18,22H,7-8,10-11H2,1H3,(H,25,27)/t17-,18+/m1/s1. The lowest BCUT2D eigenvalue weighted by atomic mass is 9.72. The third-order valence-corrected chi connectivity index (χ3v) is 6.24. The number of carbonyl (C=O) groups is 1. The van der Waals surface area contributed by atoms with Crippen LogP contribution in [0.2, 0.25) is 0 Å². The van der Waals surface area contributed by atoms with Crippen LogP contribution in [0.3, 0.4) is 0 Å². The lowest BCUT2D eigenvalue weighted by Crippen LogP contribution is -2.49. The van der Waals surface area contributed by atoms with Gasteiger partial charge in [0, 0.05) is 24.9 Å². The van der Waals surface area contributed by atoms with Crippen LogP contribution >= 0.6 is 0 Å². The molecule has 0 radical (unpaired) electrons. The number of nitrogens with one attached hydrogen (secondary N) is 2. The van der Waals surface area contributed by atoms with Crippen molar-refractivity contribution in [3.63, 3.8) is 0 Å². The molecular weight excluding hydrogens is 354 g/mol. The van der Waals surface area contributed by atoms with Crippen molar-refractivity contribution in [1.82, 2.24) is 25.2 Å². The van der Waals surface area contributed by atoms with Gasteiger partial charge in [0.1, 0.15) is 5.56 Å². The van der Waals surface area contributed by atoms with Crippen LogP contribution in [0, 0.1) is 0 Å². The topological polar surface area (TPSA) is 80.5 Å². The van der Waals surface area contributed by atoms with E-state index >= 15 is 0 Å². The van der Waals surface area contributed by atoms with E-state index in [9.17, 15) is 4.79 Å². The van der Waals surface area contributed by atoms with Crippen LogP contribution < -0.4 is 10.6 Å². The highest BCUT2D eigenvalue weighted by Gasteiger charge is 2.53. The highest BCUT2D eigenvalue weighted by atomic mass is 16.5. The Balaban J connectivity index is 1.53. The minimum absolute atomic E-state index is 0.0755. The van der Waals surface area contributed by atoms with E-state index < -0.39 is 0 Å². The summed E-state index contributed by atoms with van der Waals surface area (Å²) in [7, 11) is 1.75. The van der Waals surface area contributed by atoms with Crippen molar-refractivity contribution >= 4 is 11.6 Å². The molecule has 3 heterocycles. The minimum atomic E-state index is -0.203. The molecule has 2 aromatic heterocycles. The summed E-state index contributed by atoms with van der Waals surface area (Å²) < 4.78 is 7.64. The van der Waals surface area contributed by atoms with E-state index in [1.54, 1.807) is 36.3 Å². The molecule has 1 aromatic carbocycles. The molecule has 2 aliphatic rings. The molecule has 0 unspecified atom stereocenters. The van der Waals surface area contributed by atoms with E-state index in [0.717, 1.165) is 31.5 Å². The second kappa shape index (κ2) is 6.68. The Labute approximate surface area is 163 Å². The number of aromatic nitrogens is 3. The molecule has 2 N–H and O–H groups in total. The maximum Gasteiger partial charge on any atom is 0.257 e. The van der Waals surface area contributed by atoms with Gasteiger partial charge in [0.2, 0.25) is 0 Å². The van der Waals surface area contributed by atoms with Crippen molar-refractivity contribution < 1.29 is 9.53 Å². The Morgan fingerprint density at radius 1 is 1.29 bits per heavy atom. The number of piperidine rings is 1. The van der Waals surface area contributed by atoms with E-state index in [2.05, 4.69) is 38.9 Å². The highest BCUT2D eigenvalue weighted by molar-refractivity contribution is 5.99. The third-order valence-electron chi connectivity index (χ3n) is 6.24. The van der Waals surface area contributed by atoms with Crippen molar-refractivity contribution in [2.45, 2.75) is 30.4 Å². The summed E-state index contributed by atoms with van der Waals surface area (Å²) in [5.74, 6) is -0.179. The monoisotopic (exact) mass is 377 g/mol. The molecule has 3 aromatic rings. The predicted molar refractivity (Wildman–Crippen MR) is 104 cm³/mol. The Bertz CT molecular complexity index is 1020. The fraction of sp³-hybridized carbons (Fsp3) is 0.381. The highest BCUT2D eigenvalue weighted by Crippen LogP contribution is 2.51. The van der Waals surface area contributed by atoms with Crippen molar-refractivity contribution in [2.75, 3.05) is 20.2 Å². The number of methoxy groups -OCH3 is 1. The van der Waals surface area contributed by atoms with Crippen LogP contribution in [-0.2, 0) is 10.2 Å². The first kappa shape index (κ1) is 17.3. The summed E-state index contributed by atoms with van der Waals surface area (Å²) in [5, 5.41) is 10.9. The van der Waals surface area contributed by atoms with Crippen LogP contribution in [0.4, 0.5) is 0 Å². The van der Waals surface area contributed by atoms with Gasteiger partial charge in [-0.2, -0.15) is 5.10 Å². The minimum Gasteiger partial charge on any atom is -0.378 e. The van der Waals surface area contributed by atoms with Crippen LogP contribution in [-0.4, -0.2) is 46.8 Å². The number of hydrogen-bond acceptors (Lipinski definition) is 5. The van der Waals surface area contributed by atoms with Gasteiger partial charge in [0.05, 0.1) is 18.3 Å². The first-order valence-electron chi connectivity index (χ1n) is 9.67. The number of hydrogen-bond donors (Lipinski definition) is 2. The fourth-order valence-electron chi connectivity index (χ4n) is 5.01. The zero-order chi connectivity index (χ0) is 19.1. The summed E-state index contributed by atoms with van der Waals surface area (Å²) in [6.07, 6.45) is 6.90. The average Bonchev–Trinajstić information content (AvgIpc) is 3.27. The van der Waals surface area contributed by atoms with Gasteiger partial charge >= 0.3 is 0 Å². The van der Waals surface area contributed by atoms with Crippen LogP contribution in [0.15, 0.2) is 48.9 Å². The number of rotatable bonds is 3. The number of ether oxygens (including phenoxy) is 1. The molecule has 5 rings (SSSR count). The first-order chi connectivity index (χ1) is 13.7. The number of nitrogens with zero attached hydrogens (tertiary/aromatic N) is 3. The van der Waals surface area contributed by atoms with E-state index in [-0.39, 0.29) is 23.5 Å². The lowest BCUT2D eigenvalue weighted by Gasteiger charge is -2.40. The molecule has 1 aliphatic carbocycles. The van der Waals surface area contributed by atoms with Gasteiger partial charge in [0.15, 0.2) is 5.65 Å².